The number of nitrogens with zero attached hydrogens (tertiary/aromatic N) is 2. The summed E-state index contributed by atoms with van der Waals surface area (Å²) in [6.45, 7) is 0. The van der Waals surface area contributed by atoms with E-state index < -0.39 is 5.41 Å². The number of rotatable bonds is 6. The van der Waals surface area contributed by atoms with Crippen LogP contribution in [0.1, 0.15) is 22.3 Å². The highest BCUT2D eigenvalue weighted by Crippen LogP contribution is 2.56. The molecule has 11 rings (SSSR count). The standard InChI is InChI=1S/C53H34N2S/c1-4-17-35(18-5-1)52-54-48(34-49(55-52)41-25-11-10-23-39(41)43-27-16-28-44-42-26-13-15-30-50(42)56-51(43)44)36-31-32-47-45(33-36)40-24-12-14-29-46(40)53(47,37-19-6-2-7-20-37)38-21-8-3-9-22-38/h1-34H. The molecule has 8 aromatic carbocycles. The van der Waals surface area contributed by atoms with Crippen LogP contribution in [0.15, 0.2) is 206 Å². The zero-order chi connectivity index (χ0) is 37.1. The minimum Gasteiger partial charge on any atom is -0.228 e. The minimum absolute atomic E-state index is 0.453. The van der Waals surface area contributed by atoms with Gasteiger partial charge in [-0.05, 0) is 57.1 Å². The lowest BCUT2D eigenvalue weighted by Crippen LogP contribution is -2.28. The third-order valence-electron chi connectivity index (χ3n) is 11.4. The molecular weight excluding hydrogens is 697 g/mol. The van der Waals surface area contributed by atoms with Crippen LogP contribution in [0, 0.1) is 0 Å². The first-order chi connectivity index (χ1) is 27.8. The maximum Gasteiger partial charge on any atom is 0.160 e. The van der Waals surface area contributed by atoms with Gasteiger partial charge in [0.2, 0.25) is 0 Å². The van der Waals surface area contributed by atoms with Gasteiger partial charge in [-0.25, -0.2) is 9.97 Å². The smallest absolute Gasteiger partial charge is 0.160 e. The van der Waals surface area contributed by atoms with Crippen molar-refractivity contribution in [3.8, 4) is 56.2 Å². The highest BCUT2D eigenvalue weighted by Gasteiger charge is 2.46. The fourth-order valence-corrected chi connectivity index (χ4v) is 10.2. The van der Waals surface area contributed by atoms with E-state index in [1.54, 1.807) is 0 Å². The van der Waals surface area contributed by atoms with E-state index >= 15 is 0 Å². The average molecular weight is 731 g/mol. The van der Waals surface area contributed by atoms with E-state index in [0.717, 1.165) is 33.6 Å². The monoisotopic (exact) mass is 730 g/mol. The van der Waals surface area contributed by atoms with Crippen molar-refractivity contribution in [2.75, 3.05) is 0 Å². The molecule has 0 radical (unpaired) electrons. The number of aromatic nitrogens is 2. The number of hydrogen-bond acceptors (Lipinski definition) is 3. The van der Waals surface area contributed by atoms with Crippen LogP contribution >= 0.6 is 11.3 Å². The van der Waals surface area contributed by atoms with Crippen LogP contribution in [-0.2, 0) is 5.41 Å². The lowest BCUT2D eigenvalue weighted by molar-refractivity contribution is 0.768. The molecule has 0 atom stereocenters. The molecule has 2 nitrogen and oxygen atoms in total. The van der Waals surface area contributed by atoms with Crippen LogP contribution in [0.2, 0.25) is 0 Å². The Kier molecular flexibility index (Phi) is 7.61. The van der Waals surface area contributed by atoms with E-state index in [9.17, 15) is 0 Å². The van der Waals surface area contributed by atoms with Gasteiger partial charge >= 0.3 is 0 Å². The van der Waals surface area contributed by atoms with Gasteiger partial charge in [-0.3, -0.25) is 0 Å². The SMILES string of the molecule is c1ccc(-c2nc(-c3ccc4c(c3)-c3ccccc3C4(c3ccccc3)c3ccccc3)cc(-c3ccccc3-c3cccc4c3sc3ccccc34)n2)cc1. The molecule has 2 aromatic heterocycles. The highest BCUT2D eigenvalue weighted by atomic mass is 32.1. The fourth-order valence-electron chi connectivity index (χ4n) is 8.96. The van der Waals surface area contributed by atoms with Crippen molar-refractivity contribution < 1.29 is 0 Å². The fraction of sp³-hybridized carbons (Fsp3) is 0.0189. The Bertz CT molecular complexity index is 3040. The maximum atomic E-state index is 5.31. The quantitative estimate of drug-likeness (QED) is 0.170. The summed E-state index contributed by atoms with van der Waals surface area (Å²) in [5.74, 6) is 0.705. The lowest BCUT2D eigenvalue weighted by atomic mass is 9.67. The van der Waals surface area contributed by atoms with E-state index in [1.165, 1.54) is 59.1 Å². The van der Waals surface area contributed by atoms with Gasteiger partial charge in [-0.15, -0.1) is 11.3 Å². The second-order valence-corrected chi connectivity index (χ2v) is 15.5. The van der Waals surface area contributed by atoms with Gasteiger partial charge in [0.25, 0.3) is 0 Å². The second kappa shape index (κ2) is 13.1. The number of benzene rings is 8. The van der Waals surface area contributed by atoms with Crippen molar-refractivity contribution in [3.05, 3.63) is 229 Å². The van der Waals surface area contributed by atoms with E-state index in [-0.39, 0.29) is 0 Å². The summed E-state index contributed by atoms with van der Waals surface area (Å²) in [6.07, 6.45) is 0. The van der Waals surface area contributed by atoms with Crippen molar-refractivity contribution in [2.45, 2.75) is 5.41 Å². The first-order valence-electron chi connectivity index (χ1n) is 19.1. The molecule has 0 saturated carbocycles. The van der Waals surface area contributed by atoms with Gasteiger partial charge in [0.15, 0.2) is 5.82 Å². The second-order valence-electron chi connectivity index (χ2n) is 14.4. The topological polar surface area (TPSA) is 25.8 Å². The molecule has 0 fully saturated rings. The summed E-state index contributed by atoms with van der Waals surface area (Å²) in [5.41, 5.74) is 14.4. The zero-order valence-electron chi connectivity index (χ0n) is 30.4. The number of thiophene rings is 1. The third kappa shape index (κ3) is 5.02. The molecule has 1 aliphatic carbocycles. The summed E-state index contributed by atoms with van der Waals surface area (Å²) in [7, 11) is 0. The van der Waals surface area contributed by atoms with Crippen molar-refractivity contribution in [1.29, 1.82) is 0 Å². The Morgan fingerprint density at radius 2 is 0.929 bits per heavy atom. The van der Waals surface area contributed by atoms with Crippen LogP contribution in [0.5, 0.6) is 0 Å². The highest BCUT2D eigenvalue weighted by molar-refractivity contribution is 7.26. The van der Waals surface area contributed by atoms with Crippen molar-refractivity contribution in [2.24, 2.45) is 0 Å². The molecule has 0 bridgehead atoms. The Morgan fingerprint density at radius 1 is 0.357 bits per heavy atom. The van der Waals surface area contributed by atoms with Gasteiger partial charge < -0.3 is 0 Å². The molecule has 2 heterocycles. The van der Waals surface area contributed by atoms with Gasteiger partial charge in [0.05, 0.1) is 16.8 Å². The van der Waals surface area contributed by atoms with Crippen LogP contribution in [0.25, 0.3) is 76.3 Å². The molecule has 3 heteroatoms. The van der Waals surface area contributed by atoms with Gasteiger partial charge in [-0.1, -0.05) is 188 Å². The third-order valence-corrected chi connectivity index (χ3v) is 12.6. The number of hydrogen-bond donors (Lipinski definition) is 0. The minimum atomic E-state index is -0.453. The molecule has 56 heavy (non-hydrogen) atoms. The van der Waals surface area contributed by atoms with Gasteiger partial charge in [0, 0.05) is 42.4 Å². The molecule has 1 aliphatic rings. The van der Waals surface area contributed by atoms with Crippen LogP contribution < -0.4 is 0 Å². The van der Waals surface area contributed by atoms with Crippen LogP contribution in [0.4, 0.5) is 0 Å². The van der Waals surface area contributed by atoms with E-state index in [2.05, 4.69) is 200 Å². The van der Waals surface area contributed by atoms with E-state index in [4.69, 9.17) is 9.97 Å². The summed E-state index contributed by atoms with van der Waals surface area (Å²) in [4.78, 5) is 10.6. The van der Waals surface area contributed by atoms with Crippen molar-refractivity contribution >= 4 is 31.5 Å². The molecule has 0 N–H and O–H groups in total. The molecule has 262 valence electrons. The van der Waals surface area contributed by atoms with E-state index in [1.807, 2.05) is 17.4 Å². The van der Waals surface area contributed by atoms with Crippen molar-refractivity contribution in [3.63, 3.8) is 0 Å². The predicted molar refractivity (Wildman–Crippen MR) is 234 cm³/mol. The Balaban J connectivity index is 1.13. The zero-order valence-corrected chi connectivity index (χ0v) is 31.2. The Hall–Kier alpha value is -6.94. The van der Waals surface area contributed by atoms with Crippen LogP contribution in [-0.4, -0.2) is 9.97 Å². The Morgan fingerprint density at radius 3 is 1.70 bits per heavy atom. The molecule has 0 amide bonds. The van der Waals surface area contributed by atoms with E-state index in [0.29, 0.717) is 5.82 Å². The summed E-state index contributed by atoms with van der Waals surface area (Å²) in [6, 6.07) is 74.4. The number of fused-ring (bicyclic) bond motifs is 6. The van der Waals surface area contributed by atoms with Gasteiger partial charge in [-0.2, -0.15) is 0 Å². The lowest BCUT2D eigenvalue weighted by Gasteiger charge is -2.33. The molecule has 0 unspecified atom stereocenters. The van der Waals surface area contributed by atoms with Crippen molar-refractivity contribution in [1.82, 2.24) is 9.97 Å². The average Bonchev–Trinajstić information content (AvgIpc) is 3.81. The predicted octanol–water partition coefficient (Wildman–Crippen LogP) is 13.9. The van der Waals surface area contributed by atoms with Crippen LogP contribution in [0.3, 0.4) is 0 Å². The first kappa shape index (κ1) is 32.5. The Labute approximate surface area is 330 Å². The maximum absolute atomic E-state index is 5.31. The molecule has 10 aromatic rings. The molecule has 0 saturated heterocycles. The summed E-state index contributed by atoms with van der Waals surface area (Å²) in [5, 5.41) is 2.58. The first-order valence-corrected chi connectivity index (χ1v) is 19.9. The normalized spacial score (nSPS) is 12.8. The summed E-state index contributed by atoms with van der Waals surface area (Å²) >= 11 is 1.86. The summed E-state index contributed by atoms with van der Waals surface area (Å²) < 4.78 is 2.58. The largest absolute Gasteiger partial charge is 0.228 e. The molecule has 0 spiro atoms. The molecular formula is C53H34N2S. The molecule has 0 aliphatic heterocycles. The van der Waals surface area contributed by atoms with Gasteiger partial charge in [0.1, 0.15) is 0 Å².